The Morgan fingerprint density at radius 2 is 1.31 bits per heavy atom. The number of nitrogens with zero attached hydrogens (tertiary/aromatic N) is 9. The van der Waals surface area contributed by atoms with E-state index >= 15 is 0 Å². The Bertz CT molecular complexity index is 1960. The van der Waals surface area contributed by atoms with Gasteiger partial charge in [-0.1, -0.05) is 6.07 Å². The lowest BCUT2D eigenvalue weighted by molar-refractivity contribution is -0.0227. The number of rotatable bonds is 34. The number of benzene rings is 1. The molecular formula is C46H68N10O11. The van der Waals surface area contributed by atoms with E-state index in [1.165, 1.54) is 6.33 Å². The lowest BCUT2D eigenvalue weighted by atomic mass is 9.90. The van der Waals surface area contributed by atoms with Crippen molar-refractivity contribution in [2.45, 2.75) is 57.3 Å². The van der Waals surface area contributed by atoms with Crippen LogP contribution in [0.3, 0.4) is 0 Å². The van der Waals surface area contributed by atoms with E-state index in [4.69, 9.17) is 57.2 Å². The third kappa shape index (κ3) is 18.6. The van der Waals surface area contributed by atoms with Crippen LogP contribution in [0.15, 0.2) is 49.4 Å². The fraction of sp³-hybridized carbons (Fsp3) is 0.652. The first kappa shape index (κ1) is 51.5. The molecule has 1 saturated carbocycles. The maximum absolute atomic E-state index is 9.76. The van der Waals surface area contributed by atoms with Gasteiger partial charge >= 0.3 is 0 Å². The molecule has 4 aromatic rings. The van der Waals surface area contributed by atoms with Crippen LogP contribution < -0.4 is 14.8 Å². The molecule has 0 spiro atoms. The summed E-state index contributed by atoms with van der Waals surface area (Å²) in [4.78, 5) is 15.8. The Morgan fingerprint density at radius 1 is 0.746 bits per heavy atom. The van der Waals surface area contributed by atoms with Crippen molar-refractivity contribution in [3.63, 3.8) is 0 Å². The fourth-order valence-electron chi connectivity index (χ4n) is 7.54. The second-order valence-corrected chi connectivity index (χ2v) is 15.9. The topological polar surface area (TPSA) is 215 Å². The van der Waals surface area contributed by atoms with E-state index in [0.717, 1.165) is 63.1 Å². The largest absolute Gasteiger partial charge is 0.487 e. The monoisotopic (exact) mass is 937 g/mol. The van der Waals surface area contributed by atoms with Crippen molar-refractivity contribution in [1.82, 2.24) is 39.4 Å². The highest BCUT2D eigenvalue weighted by Crippen LogP contribution is 2.35. The number of aromatic nitrogens is 7. The molecule has 1 aromatic carbocycles. The molecule has 1 N–H and O–H groups in total. The molecule has 2 aliphatic rings. The normalized spacial score (nSPS) is 17.0. The molecule has 0 bridgehead atoms. The predicted molar refractivity (Wildman–Crippen MR) is 245 cm³/mol. The summed E-state index contributed by atoms with van der Waals surface area (Å²) in [7, 11) is 1.64. The minimum Gasteiger partial charge on any atom is -0.487 e. The maximum atomic E-state index is 9.76. The number of nitriles is 1. The molecule has 4 heterocycles. The van der Waals surface area contributed by atoms with Gasteiger partial charge < -0.3 is 57.4 Å². The van der Waals surface area contributed by atoms with Gasteiger partial charge in [-0.25, -0.2) is 19.6 Å². The van der Waals surface area contributed by atoms with E-state index in [1.54, 1.807) is 36.6 Å². The molecule has 1 atom stereocenters. The zero-order valence-corrected chi connectivity index (χ0v) is 39.0. The van der Waals surface area contributed by atoms with Gasteiger partial charge in [0.1, 0.15) is 42.9 Å². The highest BCUT2D eigenvalue weighted by Gasteiger charge is 2.29. The van der Waals surface area contributed by atoms with Gasteiger partial charge in [-0.15, -0.1) is 5.10 Å². The molecular weight excluding hydrogens is 869 g/mol. The Balaban J connectivity index is 0.896. The summed E-state index contributed by atoms with van der Waals surface area (Å²) in [6.45, 7) is 13.6. The summed E-state index contributed by atoms with van der Waals surface area (Å²) in [6.07, 6.45) is 12.6. The van der Waals surface area contributed by atoms with Crippen molar-refractivity contribution in [1.29, 1.82) is 5.26 Å². The quantitative estimate of drug-likeness (QED) is 0.0656. The number of morpholine rings is 1. The van der Waals surface area contributed by atoms with Gasteiger partial charge in [0, 0.05) is 44.2 Å². The zero-order chi connectivity index (χ0) is 46.6. The Labute approximate surface area is 393 Å². The number of nitrogens with one attached hydrogen (secondary N) is 1. The number of anilines is 2. The standard InChI is InChI=1S/C46H68N10O11/c1-37(33-55-36-48-35-51-55)67-44-29-38(3-4-39(44)30-47)40-31-49-46(50-32-40)52-43-34-56(42-7-5-41(6-8-42)54-9-11-58-12-10-54)53-45(43)66-28-27-65-26-25-64-24-23-63-22-21-62-20-19-61-18-17-60-16-15-59-14-13-57-2/h3-4,29,31-32,34-37,41-42H,5-28,33H2,1-2H3,(H,49,50,52)/t37-,41-,42-/m0/s1. The van der Waals surface area contributed by atoms with Crippen LogP contribution in [-0.2, 0) is 49.2 Å². The van der Waals surface area contributed by atoms with Crippen LogP contribution in [0.2, 0.25) is 0 Å². The third-order valence-corrected chi connectivity index (χ3v) is 11.0. The van der Waals surface area contributed by atoms with E-state index in [0.29, 0.717) is 147 Å². The van der Waals surface area contributed by atoms with E-state index in [-0.39, 0.29) is 12.1 Å². The third-order valence-electron chi connectivity index (χ3n) is 11.0. The van der Waals surface area contributed by atoms with Gasteiger partial charge in [-0.05, 0) is 50.3 Å². The molecule has 0 radical (unpaired) electrons. The molecule has 1 aliphatic heterocycles. The molecule has 368 valence electrons. The van der Waals surface area contributed by atoms with Crippen LogP contribution in [-0.4, -0.2) is 191 Å². The molecule has 1 aliphatic carbocycles. The van der Waals surface area contributed by atoms with Gasteiger partial charge in [-0.3, -0.25) is 9.58 Å². The summed E-state index contributed by atoms with van der Waals surface area (Å²) < 4.78 is 65.4. The van der Waals surface area contributed by atoms with Crippen molar-refractivity contribution in [3.8, 4) is 28.8 Å². The Morgan fingerprint density at radius 3 is 1.87 bits per heavy atom. The smallest absolute Gasteiger partial charge is 0.257 e. The zero-order valence-electron chi connectivity index (χ0n) is 39.0. The summed E-state index contributed by atoms with van der Waals surface area (Å²) in [5, 5.41) is 22.1. The number of hydrogen-bond donors (Lipinski definition) is 1. The molecule has 0 unspecified atom stereocenters. The van der Waals surface area contributed by atoms with Gasteiger partial charge in [0.25, 0.3) is 5.88 Å². The SMILES string of the molecule is COCCOCCOCCOCCOCCOCCOCCOCCOc1nn([C@H]2CC[C@H](N3CCOCC3)CC2)cc1Nc1ncc(-c2ccc(C#N)c(O[C@@H](C)Cn3cncn3)c2)cn1. The number of methoxy groups -OCH3 is 1. The summed E-state index contributed by atoms with van der Waals surface area (Å²) in [5.41, 5.74) is 2.67. The molecule has 2 fully saturated rings. The van der Waals surface area contributed by atoms with Crippen LogP contribution in [0.1, 0.15) is 44.2 Å². The molecule has 21 nitrogen and oxygen atoms in total. The second kappa shape index (κ2) is 30.5. The van der Waals surface area contributed by atoms with Gasteiger partial charge in [0.2, 0.25) is 5.95 Å². The Hall–Kier alpha value is -4.86. The van der Waals surface area contributed by atoms with Crippen molar-refractivity contribution >= 4 is 11.6 Å². The summed E-state index contributed by atoms with van der Waals surface area (Å²) in [5.74, 6) is 1.31. The van der Waals surface area contributed by atoms with Crippen LogP contribution in [0.4, 0.5) is 11.6 Å². The van der Waals surface area contributed by atoms with Crippen LogP contribution in [0.25, 0.3) is 11.1 Å². The predicted octanol–water partition coefficient (Wildman–Crippen LogP) is 3.97. The van der Waals surface area contributed by atoms with E-state index < -0.39 is 0 Å². The fourth-order valence-corrected chi connectivity index (χ4v) is 7.54. The van der Waals surface area contributed by atoms with Gasteiger partial charge in [0.15, 0.2) is 0 Å². The molecule has 3 aromatic heterocycles. The first-order valence-electron chi connectivity index (χ1n) is 23.3. The van der Waals surface area contributed by atoms with Crippen molar-refractivity contribution in [2.24, 2.45) is 0 Å². The minimum absolute atomic E-state index is 0.245. The first-order valence-corrected chi connectivity index (χ1v) is 23.3. The summed E-state index contributed by atoms with van der Waals surface area (Å²) >= 11 is 0. The van der Waals surface area contributed by atoms with E-state index in [1.807, 2.05) is 29.9 Å². The highest BCUT2D eigenvalue weighted by molar-refractivity contribution is 5.67. The number of ether oxygens (including phenoxy) is 11. The molecule has 0 amide bonds. The minimum atomic E-state index is -0.253. The highest BCUT2D eigenvalue weighted by atomic mass is 16.6. The van der Waals surface area contributed by atoms with E-state index in [2.05, 4.69) is 36.3 Å². The second-order valence-electron chi connectivity index (χ2n) is 15.9. The van der Waals surface area contributed by atoms with Crippen molar-refractivity contribution in [3.05, 3.63) is 55.0 Å². The average Bonchev–Trinajstić information content (AvgIpc) is 4.03. The average molecular weight is 937 g/mol. The number of hydrogen-bond acceptors (Lipinski definition) is 19. The van der Waals surface area contributed by atoms with Gasteiger partial charge in [0.05, 0.1) is 137 Å². The molecule has 1 saturated heterocycles. The van der Waals surface area contributed by atoms with Crippen LogP contribution in [0, 0.1) is 11.3 Å². The Kier molecular flexibility index (Phi) is 23.5. The van der Waals surface area contributed by atoms with Crippen LogP contribution >= 0.6 is 0 Å². The molecule has 21 heteroatoms. The van der Waals surface area contributed by atoms with Crippen molar-refractivity contribution in [2.75, 3.05) is 144 Å². The summed E-state index contributed by atoms with van der Waals surface area (Å²) in [6, 6.07) is 8.46. The lowest BCUT2D eigenvalue weighted by Crippen LogP contribution is -2.45. The maximum Gasteiger partial charge on any atom is 0.257 e. The molecule has 6 rings (SSSR count). The van der Waals surface area contributed by atoms with Crippen molar-refractivity contribution < 1.29 is 52.1 Å². The first-order chi connectivity index (χ1) is 33.1. The van der Waals surface area contributed by atoms with Crippen LogP contribution in [0.5, 0.6) is 11.6 Å². The lowest BCUT2D eigenvalue weighted by Gasteiger charge is -2.38. The molecule has 67 heavy (non-hydrogen) atoms. The van der Waals surface area contributed by atoms with Gasteiger partial charge in [-0.2, -0.15) is 10.4 Å². The van der Waals surface area contributed by atoms with E-state index in [9.17, 15) is 5.26 Å².